The molecule has 0 saturated carbocycles. The van der Waals surface area contributed by atoms with Gasteiger partial charge in [-0.3, -0.25) is 0 Å². The molecule has 0 heterocycles. The van der Waals surface area contributed by atoms with Crippen LogP contribution in [0.1, 0.15) is 18.1 Å². The molecular weight excluding hydrogens is 265 g/mol. The maximum absolute atomic E-state index is 13.3. The molecule has 21 heavy (non-hydrogen) atoms. The first-order valence-electron chi connectivity index (χ1n) is 6.86. The SMILES string of the molecule is CC(N)Cc1cc(F)ccc1OCC#Cc1ccccc1. The summed E-state index contributed by atoms with van der Waals surface area (Å²) in [5.74, 6) is 6.31. The number of nitrogens with two attached hydrogens (primary N) is 1. The molecule has 3 heteroatoms. The van der Waals surface area contributed by atoms with Gasteiger partial charge in [-0.15, -0.1) is 0 Å². The number of halogens is 1. The lowest BCUT2D eigenvalue weighted by atomic mass is 10.1. The number of ether oxygens (including phenoxy) is 1. The van der Waals surface area contributed by atoms with Crippen LogP contribution in [0, 0.1) is 17.7 Å². The van der Waals surface area contributed by atoms with Gasteiger partial charge in [0, 0.05) is 11.6 Å². The molecule has 0 aromatic heterocycles. The first-order valence-corrected chi connectivity index (χ1v) is 6.86. The first-order chi connectivity index (χ1) is 10.1. The second-order valence-electron chi connectivity index (χ2n) is 4.89. The molecule has 2 N–H and O–H groups in total. The first kappa shape index (κ1) is 15.1. The number of rotatable bonds is 4. The van der Waals surface area contributed by atoms with Gasteiger partial charge in [0.15, 0.2) is 0 Å². The molecule has 108 valence electrons. The maximum atomic E-state index is 13.3. The fourth-order valence-electron chi connectivity index (χ4n) is 1.97. The molecule has 1 unspecified atom stereocenters. The summed E-state index contributed by atoms with van der Waals surface area (Å²) >= 11 is 0. The molecule has 2 aromatic carbocycles. The molecule has 0 aliphatic carbocycles. The topological polar surface area (TPSA) is 35.2 Å². The third-order valence-electron chi connectivity index (χ3n) is 2.87. The Kier molecular flexibility index (Phi) is 5.36. The lowest BCUT2D eigenvalue weighted by molar-refractivity contribution is 0.364. The summed E-state index contributed by atoms with van der Waals surface area (Å²) in [7, 11) is 0. The summed E-state index contributed by atoms with van der Waals surface area (Å²) < 4.78 is 18.9. The van der Waals surface area contributed by atoms with Crippen LogP contribution in [0.2, 0.25) is 0 Å². The van der Waals surface area contributed by atoms with Gasteiger partial charge in [-0.1, -0.05) is 30.0 Å². The van der Waals surface area contributed by atoms with Crippen molar-refractivity contribution in [3.63, 3.8) is 0 Å². The second kappa shape index (κ2) is 7.47. The van der Waals surface area contributed by atoms with E-state index in [4.69, 9.17) is 10.5 Å². The molecule has 0 spiro atoms. The Bertz CT molecular complexity index is 641. The maximum Gasteiger partial charge on any atom is 0.149 e. The molecule has 2 nitrogen and oxygen atoms in total. The summed E-state index contributed by atoms with van der Waals surface area (Å²) in [5, 5.41) is 0. The highest BCUT2D eigenvalue weighted by molar-refractivity contribution is 5.36. The number of benzene rings is 2. The van der Waals surface area contributed by atoms with Gasteiger partial charge in [0.05, 0.1) is 0 Å². The second-order valence-corrected chi connectivity index (χ2v) is 4.89. The predicted molar refractivity (Wildman–Crippen MR) is 82.6 cm³/mol. The molecule has 0 saturated heterocycles. The predicted octanol–water partition coefficient (Wildman–Crippen LogP) is 3.15. The van der Waals surface area contributed by atoms with E-state index in [9.17, 15) is 4.39 Å². The van der Waals surface area contributed by atoms with Gasteiger partial charge in [0.1, 0.15) is 18.2 Å². The van der Waals surface area contributed by atoms with E-state index in [-0.39, 0.29) is 18.5 Å². The van der Waals surface area contributed by atoms with Crippen molar-refractivity contribution in [3.8, 4) is 17.6 Å². The zero-order chi connectivity index (χ0) is 15.1. The third kappa shape index (κ3) is 4.94. The minimum absolute atomic E-state index is 0.0513. The summed E-state index contributed by atoms with van der Waals surface area (Å²) in [6.07, 6.45) is 0.569. The van der Waals surface area contributed by atoms with Crippen LogP contribution in [-0.4, -0.2) is 12.6 Å². The van der Waals surface area contributed by atoms with Crippen LogP contribution >= 0.6 is 0 Å². The Morgan fingerprint density at radius 2 is 1.95 bits per heavy atom. The lowest BCUT2D eigenvalue weighted by Crippen LogP contribution is -2.18. The van der Waals surface area contributed by atoms with Gasteiger partial charge in [0.25, 0.3) is 0 Å². The molecule has 0 fully saturated rings. The lowest BCUT2D eigenvalue weighted by Gasteiger charge is -2.11. The molecular formula is C18H18FNO. The van der Waals surface area contributed by atoms with E-state index in [1.807, 2.05) is 37.3 Å². The van der Waals surface area contributed by atoms with E-state index >= 15 is 0 Å². The summed E-state index contributed by atoms with van der Waals surface area (Å²) in [4.78, 5) is 0. The van der Waals surface area contributed by atoms with E-state index in [1.165, 1.54) is 12.1 Å². The fourth-order valence-corrected chi connectivity index (χ4v) is 1.97. The van der Waals surface area contributed by atoms with E-state index in [1.54, 1.807) is 6.07 Å². The summed E-state index contributed by atoms with van der Waals surface area (Å²) in [6, 6.07) is 14.1. The van der Waals surface area contributed by atoms with Crippen LogP contribution in [0.5, 0.6) is 5.75 Å². The van der Waals surface area contributed by atoms with E-state index in [0.29, 0.717) is 12.2 Å². The highest BCUT2D eigenvalue weighted by Gasteiger charge is 2.07. The van der Waals surface area contributed by atoms with E-state index in [2.05, 4.69) is 11.8 Å². The quantitative estimate of drug-likeness (QED) is 0.875. The summed E-state index contributed by atoms with van der Waals surface area (Å²) in [6.45, 7) is 2.14. The van der Waals surface area contributed by atoms with Gasteiger partial charge in [0.2, 0.25) is 0 Å². The Morgan fingerprint density at radius 1 is 1.19 bits per heavy atom. The molecule has 0 aliphatic rings. The van der Waals surface area contributed by atoms with Crippen molar-refractivity contribution in [2.24, 2.45) is 5.73 Å². The molecule has 1 atom stereocenters. The Balaban J connectivity index is 2.02. The monoisotopic (exact) mass is 283 g/mol. The average molecular weight is 283 g/mol. The zero-order valence-corrected chi connectivity index (χ0v) is 12.0. The molecule has 0 radical (unpaired) electrons. The van der Waals surface area contributed by atoms with Crippen molar-refractivity contribution in [3.05, 3.63) is 65.5 Å². The molecule has 2 aromatic rings. The van der Waals surface area contributed by atoms with Crippen molar-refractivity contribution < 1.29 is 9.13 Å². The van der Waals surface area contributed by atoms with Crippen LogP contribution in [0.4, 0.5) is 4.39 Å². The molecule has 0 bridgehead atoms. The van der Waals surface area contributed by atoms with Gasteiger partial charge >= 0.3 is 0 Å². The average Bonchev–Trinajstić information content (AvgIpc) is 2.46. The largest absolute Gasteiger partial charge is 0.481 e. The smallest absolute Gasteiger partial charge is 0.149 e. The van der Waals surface area contributed by atoms with Crippen LogP contribution < -0.4 is 10.5 Å². The summed E-state index contributed by atoms with van der Waals surface area (Å²) in [5.41, 5.74) is 7.48. The van der Waals surface area contributed by atoms with Crippen molar-refractivity contribution in [1.29, 1.82) is 0 Å². The Labute approximate surface area is 124 Å². The van der Waals surface area contributed by atoms with Gasteiger partial charge in [-0.25, -0.2) is 4.39 Å². The van der Waals surface area contributed by atoms with Crippen molar-refractivity contribution >= 4 is 0 Å². The molecule has 0 amide bonds. The van der Waals surface area contributed by atoms with Crippen molar-refractivity contribution in [2.45, 2.75) is 19.4 Å². The highest BCUT2D eigenvalue weighted by atomic mass is 19.1. The Morgan fingerprint density at radius 3 is 2.67 bits per heavy atom. The number of hydrogen-bond donors (Lipinski definition) is 1. The van der Waals surface area contributed by atoms with Crippen LogP contribution in [-0.2, 0) is 6.42 Å². The number of hydrogen-bond acceptors (Lipinski definition) is 2. The van der Waals surface area contributed by atoms with Crippen LogP contribution in [0.15, 0.2) is 48.5 Å². The normalized spacial score (nSPS) is 11.4. The standard InChI is InChI=1S/C18H18FNO/c1-14(20)12-16-13-17(19)9-10-18(16)21-11-5-8-15-6-3-2-4-7-15/h2-4,6-7,9-10,13-14H,11-12,20H2,1H3. The minimum Gasteiger partial charge on any atom is -0.481 e. The van der Waals surface area contributed by atoms with Crippen LogP contribution in [0.25, 0.3) is 0 Å². The van der Waals surface area contributed by atoms with E-state index in [0.717, 1.165) is 11.1 Å². The van der Waals surface area contributed by atoms with Gasteiger partial charge < -0.3 is 10.5 Å². The van der Waals surface area contributed by atoms with Crippen molar-refractivity contribution in [2.75, 3.05) is 6.61 Å². The highest BCUT2D eigenvalue weighted by Crippen LogP contribution is 2.21. The molecule has 2 rings (SSSR count). The third-order valence-corrected chi connectivity index (χ3v) is 2.87. The van der Waals surface area contributed by atoms with Gasteiger partial charge in [-0.2, -0.15) is 0 Å². The fraction of sp³-hybridized carbons (Fsp3) is 0.222. The van der Waals surface area contributed by atoms with Gasteiger partial charge in [-0.05, 0) is 49.2 Å². The van der Waals surface area contributed by atoms with Crippen molar-refractivity contribution in [1.82, 2.24) is 0 Å². The van der Waals surface area contributed by atoms with Crippen LogP contribution in [0.3, 0.4) is 0 Å². The van der Waals surface area contributed by atoms with E-state index < -0.39 is 0 Å². The zero-order valence-electron chi connectivity index (χ0n) is 12.0. The minimum atomic E-state index is -0.284. The Hall–Kier alpha value is -2.31. The molecule has 0 aliphatic heterocycles.